The normalized spacial score (nSPS) is 12.3. The van der Waals surface area contributed by atoms with Crippen LogP contribution in [0.1, 0.15) is 26.3 Å². The molecule has 0 atom stereocenters. The van der Waals surface area contributed by atoms with E-state index in [-0.39, 0.29) is 5.41 Å². The molecule has 4 heteroatoms. The van der Waals surface area contributed by atoms with E-state index in [1.165, 1.54) is 5.56 Å². The molecule has 0 fully saturated rings. The van der Waals surface area contributed by atoms with E-state index >= 15 is 0 Å². The van der Waals surface area contributed by atoms with Crippen LogP contribution in [0.4, 0.5) is 0 Å². The summed E-state index contributed by atoms with van der Waals surface area (Å²) in [5.74, 6) is 0.779. The van der Waals surface area contributed by atoms with Gasteiger partial charge in [-0.1, -0.05) is 57.2 Å². The number of nitrogens with zero attached hydrogens (tertiary/aromatic N) is 3. The standard InChI is InChI=1S/C18H17N3S/c1-18(2,3)13-10-8-12(9-11-13)16-20-17-19-14-6-4-5-7-15(14)21(17)22-16/h4-11H,1-3H3. The maximum atomic E-state index is 4.68. The van der Waals surface area contributed by atoms with Crippen molar-refractivity contribution in [3.8, 4) is 10.6 Å². The first kappa shape index (κ1) is 13.5. The lowest BCUT2D eigenvalue weighted by Gasteiger charge is -2.18. The number of aromatic nitrogens is 3. The van der Waals surface area contributed by atoms with Crippen molar-refractivity contribution >= 4 is 28.3 Å². The third-order valence-corrected chi connectivity index (χ3v) is 4.92. The van der Waals surface area contributed by atoms with Gasteiger partial charge in [-0.15, -0.1) is 0 Å². The number of rotatable bonds is 1. The van der Waals surface area contributed by atoms with Crippen molar-refractivity contribution in [2.75, 3.05) is 0 Å². The Hall–Kier alpha value is -2.20. The summed E-state index contributed by atoms with van der Waals surface area (Å²) in [4.78, 5) is 9.26. The maximum absolute atomic E-state index is 4.68. The highest BCUT2D eigenvalue weighted by atomic mass is 32.1. The van der Waals surface area contributed by atoms with Crippen LogP contribution in [0.2, 0.25) is 0 Å². The second-order valence-corrected chi connectivity index (χ2v) is 7.46. The molecule has 0 spiro atoms. The fourth-order valence-corrected chi connectivity index (χ4v) is 3.53. The molecule has 0 unspecified atom stereocenters. The molecule has 0 radical (unpaired) electrons. The highest BCUT2D eigenvalue weighted by Crippen LogP contribution is 2.29. The molecular weight excluding hydrogens is 290 g/mol. The van der Waals surface area contributed by atoms with Crippen LogP contribution in [0.25, 0.3) is 27.4 Å². The first-order valence-corrected chi connectivity index (χ1v) is 8.15. The van der Waals surface area contributed by atoms with Crippen LogP contribution in [0.3, 0.4) is 0 Å². The maximum Gasteiger partial charge on any atom is 0.246 e. The number of imidazole rings is 1. The van der Waals surface area contributed by atoms with E-state index in [4.69, 9.17) is 0 Å². The van der Waals surface area contributed by atoms with Crippen LogP contribution >= 0.6 is 11.5 Å². The van der Waals surface area contributed by atoms with E-state index in [9.17, 15) is 0 Å². The van der Waals surface area contributed by atoms with E-state index in [0.29, 0.717) is 0 Å². The van der Waals surface area contributed by atoms with Crippen molar-refractivity contribution in [3.05, 3.63) is 54.1 Å². The minimum atomic E-state index is 0.173. The Morgan fingerprint density at radius 2 is 1.64 bits per heavy atom. The molecule has 0 saturated heterocycles. The Kier molecular flexibility index (Phi) is 2.84. The van der Waals surface area contributed by atoms with Crippen molar-refractivity contribution in [1.29, 1.82) is 0 Å². The van der Waals surface area contributed by atoms with Gasteiger partial charge in [-0.3, -0.25) is 0 Å². The second-order valence-electron chi connectivity index (χ2n) is 6.53. The van der Waals surface area contributed by atoms with Crippen molar-refractivity contribution in [3.63, 3.8) is 0 Å². The van der Waals surface area contributed by atoms with Crippen molar-refractivity contribution in [1.82, 2.24) is 13.8 Å². The second kappa shape index (κ2) is 4.65. The zero-order valence-corrected chi connectivity index (χ0v) is 13.7. The largest absolute Gasteiger partial charge is 0.246 e. The fraction of sp³-hybridized carbons (Fsp3) is 0.222. The Morgan fingerprint density at radius 3 is 2.36 bits per heavy atom. The summed E-state index contributed by atoms with van der Waals surface area (Å²) in [5, 5.41) is 1.01. The molecule has 2 heterocycles. The molecular formula is C18H17N3S. The molecule has 22 heavy (non-hydrogen) atoms. The van der Waals surface area contributed by atoms with Gasteiger partial charge in [0.05, 0.1) is 11.0 Å². The van der Waals surface area contributed by atoms with Gasteiger partial charge in [-0.2, -0.15) is 4.98 Å². The molecule has 0 aliphatic rings. The van der Waals surface area contributed by atoms with Crippen molar-refractivity contribution in [2.45, 2.75) is 26.2 Å². The van der Waals surface area contributed by atoms with Crippen LogP contribution in [0, 0.1) is 0 Å². The summed E-state index contributed by atoms with van der Waals surface area (Å²) >= 11 is 1.64. The molecule has 0 saturated carbocycles. The number of fused-ring (bicyclic) bond motifs is 3. The van der Waals surface area contributed by atoms with Gasteiger partial charge in [0.25, 0.3) is 0 Å². The van der Waals surface area contributed by atoms with Crippen LogP contribution in [0.5, 0.6) is 0 Å². The number of hydrogen-bond donors (Lipinski definition) is 0. The molecule has 2 aromatic carbocycles. The van der Waals surface area contributed by atoms with E-state index in [1.54, 1.807) is 11.5 Å². The molecule has 0 amide bonds. The summed E-state index contributed by atoms with van der Waals surface area (Å²) in [6.07, 6.45) is 0. The lowest BCUT2D eigenvalue weighted by Crippen LogP contribution is -2.10. The van der Waals surface area contributed by atoms with Gasteiger partial charge < -0.3 is 0 Å². The smallest absolute Gasteiger partial charge is 0.229 e. The summed E-state index contributed by atoms with van der Waals surface area (Å²) in [5.41, 5.74) is 4.77. The summed E-state index contributed by atoms with van der Waals surface area (Å²) in [6.45, 7) is 6.68. The third-order valence-electron chi connectivity index (χ3n) is 3.88. The summed E-state index contributed by atoms with van der Waals surface area (Å²) in [7, 11) is 0. The molecule has 3 nitrogen and oxygen atoms in total. The number of para-hydroxylation sites is 2. The molecule has 0 aliphatic carbocycles. The van der Waals surface area contributed by atoms with Crippen LogP contribution < -0.4 is 0 Å². The first-order chi connectivity index (χ1) is 10.5. The van der Waals surface area contributed by atoms with E-state index < -0.39 is 0 Å². The van der Waals surface area contributed by atoms with E-state index in [2.05, 4.69) is 64.9 Å². The van der Waals surface area contributed by atoms with Crippen LogP contribution in [0.15, 0.2) is 48.5 Å². The van der Waals surface area contributed by atoms with Gasteiger partial charge in [-0.25, -0.2) is 8.77 Å². The molecule has 0 bridgehead atoms. The average molecular weight is 307 g/mol. The molecule has 0 aliphatic heterocycles. The summed E-state index contributed by atoms with van der Waals surface area (Å²) < 4.78 is 2.10. The highest BCUT2D eigenvalue weighted by Gasteiger charge is 2.15. The predicted octanol–water partition coefficient (Wildman–Crippen LogP) is 4.91. The van der Waals surface area contributed by atoms with Gasteiger partial charge >= 0.3 is 0 Å². The quantitative estimate of drug-likeness (QED) is 0.500. The van der Waals surface area contributed by atoms with Crippen molar-refractivity contribution < 1.29 is 0 Å². The highest BCUT2D eigenvalue weighted by molar-refractivity contribution is 7.10. The third kappa shape index (κ3) is 2.11. The lowest BCUT2D eigenvalue weighted by atomic mass is 9.87. The van der Waals surface area contributed by atoms with Gasteiger partial charge in [0.1, 0.15) is 5.01 Å². The first-order valence-electron chi connectivity index (χ1n) is 7.38. The molecule has 110 valence electrons. The Morgan fingerprint density at radius 1 is 0.909 bits per heavy atom. The van der Waals surface area contributed by atoms with Crippen molar-refractivity contribution in [2.24, 2.45) is 0 Å². The molecule has 2 aromatic heterocycles. The Labute approximate surface area is 133 Å². The molecule has 4 aromatic rings. The molecule has 0 N–H and O–H groups in total. The van der Waals surface area contributed by atoms with Gasteiger partial charge in [0.2, 0.25) is 5.78 Å². The number of benzene rings is 2. The number of hydrogen-bond acceptors (Lipinski definition) is 3. The fourth-order valence-electron chi connectivity index (χ4n) is 2.58. The van der Waals surface area contributed by atoms with Gasteiger partial charge in [0, 0.05) is 5.56 Å². The average Bonchev–Trinajstić information content (AvgIpc) is 3.04. The lowest BCUT2D eigenvalue weighted by molar-refractivity contribution is 0.590. The Bertz CT molecular complexity index is 955. The zero-order chi connectivity index (χ0) is 15.3. The SMILES string of the molecule is CC(C)(C)c1ccc(-c2nc3nc4ccccc4n3s2)cc1. The van der Waals surface area contributed by atoms with E-state index in [0.717, 1.165) is 27.4 Å². The monoisotopic (exact) mass is 307 g/mol. The summed E-state index contributed by atoms with van der Waals surface area (Å²) in [6, 6.07) is 16.8. The molecule has 4 rings (SSSR count). The van der Waals surface area contributed by atoms with Crippen LogP contribution in [-0.2, 0) is 5.41 Å². The van der Waals surface area contributed by atoms with Crippen LogP contribution in [-0.4, -0.2) is 13.8 Å². The minimum Gasteiger partial charge on any atom is -0.229 e. The topological polar surface area (TPSA) is 30.2 Å². The van der Waals surface area contributed by atoms with Gasteiger partial charge in [-0.05, 0) is 34.6 Å². The zero-order valence-electron chi connectivity index (χ0n) is 12.9. The van der Waals surface area contributed by atoms with E-state index in [1.807, 2.05) is 18.2 Å². The minimum absolute atomic E-state index is 0.173. The predicted molar refractivity (Wildman–Crippen MR) is 92.5 cm³/mol. The Balaban J connectivity index is 1.81. The van der Waals surface area contributed by atoms with Gasteiger partial charge in [0.15, 0.2) is 0 Å².